The van der Waals surface area contributed by atoms with Gasteiger partial charge in [-0.3, -0.25) is 0 Å². The molecule has 2 aromatic heterocycles. The Morgan fingerprint density at radius 1 is 0.390 bits per heavy atom. The van der Waals surface area contributed by atoms with Crippen molar-refractivity contribution >= 4 is 66.4 Å². The molecule has 0 aliphatic heterocycles. The van der Waals surface area contributed by atoms with Crippen molar-refractivity contribution in [1.82, 2.24) is 9.13 Å². The zero-order valence-electron chi connectivity index (χ0n) is 34.5. The largest absolute Gasteiger partial charge is 0.345 e. The molecule has 0 unspecified atom stereocenters. The van der Waals surface area contributed by atoms with Crippen LogP contribution in [0, 0.1) is 0 Å². The zero-order valence-corrected chi connectivity index (χ0v) is 34.5. The predicted molar refractivity (Wildman–Crippen MR) is 254 cm³/mol. The van der Waals surface area contributed by atoms with Gasteiger partial charge in [0, 0.05) is 69.8 Å². The second kappa shape index (κ2) is 16.1. The number of hydrogen-bond acceptors (Lipinski definition) is 2. The molecule has 0 amide bonds. The quantitative estimate of drug-likeness (QED) is 0.153. The van der Waals surface area contributed by atoms with Crippen LogP contribution in [0.15, 0.2) is 194 Å². The van der Waals surface area contributed by atoms with E-state index in [1.165, 1.54) is 88.9 Å². The summed E-state index contributed by atoms with van der Waals surface area (Å²) in [5.41, 5.74) is 14.9. The number of fused-ring (bicyclic) bond motifs is 6. The van der Waals surface area contributed by atoms with Crippen molar-refractivity contribution in [3.05, 3.63) is 205 Å². The van der Waals surface area contributed by atoms with Crippen LogP contribution in [0.2, 0.25) is 0 Å². The van der Waals surface area contributed by atoms with Crippen LogP contribution in [0.5, 0.6) is 0 Å². The van der Waals surface area contributed by atoms with Gasteiger partial charge < -0.3 is 18.9 Å². The summed E-state index contributed by atoms with van der Waals surface area (Å²) in [7, 11) is 4.26. The van der Waals surface area contributed by atoms with Gasteiger partial charge in [-0.2, -0.15) is 0 Å². The Morgan fingerprint density at radius 3 is 1.19 bits per heavy atom. The summed E-state index contributed by atoms with van der Waals surface area (Å²) in [6.07, 6.45) is 1.04. The highest BCUT2D eigenvalue weighted by Crippen LogP contribution is 2.38. The van der Waals surface area contributed by atoms with Crippen LogP contribution in [0.4, 0.5) is 22.7 Å². The number of hydrogen-bond donors (Lipinski definition) is 0. The number of benzene rings is 8. The van der Waals surface area contributed by atoms with Gasteiger partial charge in [-0.1, -0.05) is 106 Å². The minimum absolute atomic E-state index is 0.500. The summed E-state index contributed by atoms with van der Waals surface area (Å²) < 4.78 is 4.75. The molecule has 0 fully saturated rings. The van der Waals surface area contributed by atoms with Gasteiger partial charge in [0.1, 0.15) is 0 Å². The van der Waals surface area contributed by atoms with Crippen LogP contribution in [0.3, 0.4) is 0 Å². The Bertz CT molecular complexity index is 3020. The molecular formula is C55H50N4. The summed E-state index contributed by atoms with van der Waals surface area (Å²) in [5, 5.41) is 5.20. The number of aryl methyl sites for hydroxylation is 1. The molecule has 10 rings (SSSR count). The third-order valence-electron chi connectivity index (χ3n) is 11.8. The molecule has 0 aliphatic carbocycles. The number of rotatable bonds is 8. The number of nitrogens with zero attached hydrogens (tertiary/aromatic N) is 4. The van der Waals surface area contributed by atoms with E-state index in [0.29, 0.717) is 5.92 Å². The molecule has 2 heterocycles. The maximum Gasteiger partial charge on any atom is 0.0542 e. The first-order valence-electron chi connectivity index (χ1n) is 20.7. The normalized spacial score (nSPS) is 11.4. The fourth-order valence-electron chi connectivity index (χ4n) is 8.40. The molecule has 0 aliphatic rings. The van der Waals surface area contributed by atoms with Crippen LogP contribution < -0.4 is 9.80 Å². The standard InChI is InChI=1S/C28H26N2.C27H24N2/c1-20(2)21-14-16-27-25(18-21)26-19-24(29(3)22-10-6-4-7-11-22)15-17-28(26)30(27)23-12-8-5-9-13-23;1-3-20-14-16-26-24(18-20)25-19-23(28(2)21-10-6-4-7-11-21)15-17-27(25)29(26)22-12-8-5-9-13-22/h4-20H,1-3H3;4-19H,3H2,1-2H3. The van der Waals surface area contributed by atoms with Crippen molar-refractivity contribution < 1.29 is 0 Å². The number of para-hydroxylation sites is 4. The summed E-state index contributed by atoms with van der Waals surface area (Å²) in [6, 6.07) is 69.7. The minimum atomic E-state index is 0.500. The van der Waals surface area contributed by atoms with E-state index in [-0.39, 0.29) is 0 Å². The highest BCUT2D eigenvalue weighted by molar-refractivity contribution is 6.11. The fourth-order valence-corrected chi connectivity index (χ4v) is 8.40. The predicted octanol–water partition coefficient (Wildman–Crippen LogP) is 14.8. The molecule has 290 valence electrons. The molecule has 4 nitrogen and oxygen atoms in total. The molecule has 8 aromatic carbocycles. The molecule has 0 N–H and O–H groups in total. The van der Waals surface area contributed by atoms with E-state index in [0.717, 1.165) is 6.42 Å². The number of aromatic nitrogens is 2. The van der Waals surface area contributed by atoms with Gasteiger partial charge in [-0.15, -0.1) is 0 Å². The summed E-state index contributed by atoms with van der Waals surface area (Å²) in [5.74, 6) is 0.500. The maximum absolute atomic E-state index is 2.38. The van der Waals surface area contributed by atoms with E-state index in [2.05, 4.69) is 248 Å². The molecular weight excluding hydrogens is 717 g/mol. The van der Waals surface area contributed by atoms with E-state index in [1.54, 1.807) is 0 Å². The van der Waals surface area contributed by atoms with Gasteiger partial charge in [0.05, 0.1) is 22.1 Å². The van der Waals surface area contributed by atoms with Gasteiger partial charge in [-0.25, -0.2) is 0 Å². The lowest BCUT2D eigenvalue weighted by atomic mass is 10.0. The van der Waals surface area contributed by atoms with Crippen molar-refractivity contribution in [3.63, 3.8) is 0 Å². The number of anilines is 4. The van der Waals surface area contributed by atoms with E-state index < -0.39 is 0 Å². The monoisotopic (exact) mass is 766 g/mol. The van der Waals surface area contributed by atoms with Crippen LogP contribution in [0.1, 0.15) is 37.8 Å². The second-order valence-corrected chi connectivity index (χ2v) is 15.7. The van der Waals surface area contributed by atoms with Crippen molar-refractivity contribution in [2.75, 3.05) is 23.9 Å². The van der Waals surface area contributed by atoms with Crippen LogP contribution in [-0.4, -0.2) is 23.2 Å². The van der Waals surface area contributed by atoms with Gasteiger partial charge in [0.2, 0.25) is 0 Å². The van der Waals surface area contributed by atoms with Gasteiger partial charge in [0.15, 0.2) is 0 Å². The van der Waals surface area contributed by atoms with Crippen molar-refractivity contribution in [2.45, 2.75) is 33.1 Å². The average molecular weight is 767 g/mol. The lowest BCUT2D eigenvalue weighted by Gasteiger charge is -2.19. The lowest BCUT2D eigenvalue weighted by Crippen LogP contribution is -2.08. The van der Waals surface area contributed by atoms with Crippen molar-refractivity contribution in [1.29, 1.82) is 0 Å². The first-order valence-corrected chi connectivity index (χ1v) is 20.7. The van der Waals surface area contributed by atoms with Crippen LogP contribution in [0.25, 0.3) is 55.0 Å². The summed E-state index contributed by atoms with van der Waals surface area (Å²) in [4.78, 5) is 4.49. The van der Waals surface area contributed by atoms with Crippen LogP contribution in [-0.2, 0) is 6.42 Å². The molecule has 10 aromatic rings. The third-order valence-corrected chi connectivity index (χ3v) is 11.8. The first-order chi connectivity index (χ1) is 28.9. The lowest BCUT2D eigenvalue weighted by molar-refractivity contribution is 0.868. The highest BCUT2D eigenvalue weighted by atomic mass is 15.1. The van der Waals surface area contributed by atoms with Crippen molar-refractivity contribution in [2.24, 2.45) is 0 Å². The van der Waals surface area contributed by atoms with E-state index >= 15 is 0 Å². The SMILES string of the molecule is CC(C)c1ccc2c(c1)c1cc(N(C)c3ccccc3)ccc1n2-c1ccccc1.CCc1ccc2c(c1)c1cc(N(C)c3ccccc3)ccc1n2-c1ccccc1. The van der Waals surface area contributed by atoms with Crippen LogP contribution >= 0.6 is 0 Å². The Kier molecular flexibility index (Phi) is 10.2. The Hall–Kier alpha value is -7.04. The average Bonchev–Trinajstić information content (AvgIpc) is 3.81. The Morgan fingerprint density at radius 2 is 0.763 bits per heavy atom. The van der Waals surface area contributed by atoms with Crippen molar-refractivity contribution in [3.8, 4) is 11.4 Å². The van der Waals surface area contributed by atoms with Gasteiger partial charge in [-0.05, 0) is 133 Å². The maximum atomic E-state index is 2.38. The molecule has 0 radical (unpaired) electrons. The van der Waals surface area contributed by atoms with Gasteiger partial charge in [0.25, 0.3) is 0 Å². The summed E-state index contributed by atoms with van der Waals surface area (Å²) in [6.45, 7) is 6.73. The van der Waals surface area contributed by atoms with E-state index in [1.807, 2.05) is 0 Å². The molecule has 59 heavy (non-hydrogen) atoms. The first kappa shape index (κ1) is 37.5. The highest BCUT2D eigenvalue weighted by Gasteiger charge is 2.17. The fraction of sp³-hybridized carbons (Fsp3) is 0.127. The topological polar surface area (TPSA) is 16.3 Å². The van der Waals surface area contributed by atoms with E-state index in [9.17, 15) is 0 Å². The van der Waals surface area contributed by atoms with E-state index in [4.69, 9.17) is 0 Å². The molecule has 0 bridgehead atoms. The minimum Gasteiger partial charge on any atom is -0.345 e. The Balaban J connectivity index is 0.000000152. The molecule has 0 saturated heterocycles. The second-order valence-electron chi connectivity index (χ2n) is 15.7. The van der Waals surface area contributed by atoms with Gasteiger partial charge >= 0.3 is 0 Å². The molecule has 0 atom stereocenters. The molecule has 0 saturated carbocycles. The third kappa shape index (κ3) is 7.12. The zero-order chi connectivity index (χ0) is 40.5. The smallest absolute Gasteiger partial charge is 0.0542 e. The Labute approximate surface area is 347 Å². The summed E-state index contributed by atoms with van der Waals surface area (Å²) >= 11 is 0. The molecule has 4 heteroatoms. The molecule has 0 spiro atoms.